The lowest BCUT2D eigenvalue weighted by molar-refractivity contribution is -0.117. The largest absolute Gasteiger partial charge is 0.295 e. The van der Waals surface area contributed by atoms with Gasteiger partial charge in [-0.25, -0.2) is 0 Å². The van der Waals surface area contributed by atoms with Crippen molar-refractivity contribution in [1.82, 2.24) is 0 Å². The van der Waals surface area contributed by atoms with Crippen LogP contribution < -0.4 is 0 Å². The Balaban J connectivity index is 2.59. The lowest BCUT2D eigenvalue weighted by Gasteiger charge is -2.02. The van der Waals surface area contributed by atoms with Gasteiger partial charge in [0.2, 0.25) is 0 Å². The molecule has 0 atom stereocenters. The van der Waals surface area contributed by atoms with E-state index in [0.29, 0.717) is 0 Å². The minimum atomic E-state index is 0.113. The highest BCUT2D eigenvalue weighted by Crippen LogP contribution is 2.08. The molecule has 0 saturated carbocycles. The maximum absolute atomic E-state index is 11.2. The molecule has 0 aromatic heterocycles. The average molecular weight is 133 g/mol. The van der Waals surface area contributed by atoms with E-state index in [9.17, 15) is 4.79 Å². The summed E-state index contributed by atoms with van der Waals surface area (Å²) in [6.07, 6.45) is 3.73. The van der Waals surface area contributed by atoms with E-state index in [1.165, 1.54) is 0 Å². The van der Waals surface area contributed by atoms with E-state index in [4.69, 9.17) is 0 Å². The summed E-state index contributed by atoms with van der Waals surface area (Å²) in [5.74, 6) is 2.22. The fourth-order valence-corrected chi connectivity index (χ4v) is 0.872. The number of rotatable bonds is 2. The van der Waals surface area contributed by atoms with Crippen molar-refractivity contribution < 1.29 is 4.79 Å². The number of allylic oxidation sites excluding steroid dienone is 3. The second-order valence-electron chi connectivity index (χ2n) is 2.69. The summed E-state index contributed by atoms with van der Waals surface area (Å²) in [4.78, 5) is 11.2. The molecule has 0 fully saturated rings. The zero-order chi connectivity index (χ0) is 7.56. The van der Waals surface area contributed by atoms with Crippen LogP contribution >= 0.6 is 0 Å². The maximum Gasteiger partial charge on any atom is 0.186 e. The minimum Gasteiger partial charge on any atom is -0.295 e. The Bertz CT molecular complexity index is 201. The molecule has 10 heavy (non-hydrogen) atoms. The molecule has 0 unspecified atom stereocenters. The zero-order valence-corrected chi connectivity index (χ0v) is 6.29. The highest BCUT2D eigenvalue weighted by molar-refractivity contribution is 6.60. The van der Waals surface area contributed by atoms with Crippen molar-refractivity contribution in [2.75, 3.05) is 0 Å². The van der Waals surface area contributed by atoms with Crippen molar-refractivity contribution >= 4 is 13.1 Å². The summed E-state index contributed by atoms with van der Waals surface area (Å²) >= 11 is 0. The molecule has 0 N–H and O–H groups in total. The van der Waals surface area contributed by atoms with E-state index in [1.807, 2.05) is 39.3 Å². The van der Waals surface area contributed by atoms with Gasteiger partial charge < -0.3 is 0 Å². The van der Waals surface area contributed by atoms with Gasteiger partial charge in [0, 0.05) is 5.92 Å². The van der Waals surface area contributed by atoms with Gasteiger partial charge in [0.15, 0.2) is 13.1 Å². The molecule has 2 heteroatoms. The van der Waals surface area contributed by atoms with Crippen LogP contribution in [0.5, 0.6) is 0 Å². The fraction of sp³-hybridized carbons (Fsp3) is 0.375. The van der Waals surface area contributed by atoms with Gasteiger partial charge in [-0.15, -0.1) is 5.98 Å². The molecule has 1 nitrogen and oxygen atoms in total. The molecule has 0 saturated heterocycles. The first-order valence-electron chi connectivity index (χ1n) is 3.47. The molecular formula is C8H10BO. The number of ketones is 1. The summed E-state index contributed by atoms with van der Waals surface area (Å²) in [6.45, 7) is 3.82. The van der Waals surface area contributed by atoms with Gasteiger partial charge in [-0.3, -0.25) is 4.79 Å². The number of hydrogen-bond donors (Lipinski definition) is 0. The van der Waals surface area contributed by atoms with Crippen LogP contribution in [0.1, 0.15) is 13.8 Å². The van der Waals surface area contributed by atoms with E-state index >= 15 is 0 Å². The molecule has 1 aliphatic rings. The van der Waals surface area contributed by atoms with Crippen LogP contribution in [0.3, 0.4) is 0 Å². The van der Waals surface area contributed by atoms with Crippen LogP contribution in [0.2, 0.25) is 0 Å². The summed E-state index contributed by atoms with van der Waals surface area (Å²) < 4.78 is 0. The van der Waals surface area contributed by atoms with E-state index in [0.717, 1.165) is 5.47 Å². The lowest BCUT2D eigenvalue weighted by Crippen LogP contribution is -2.12. The van der Waals surface area contributed by atoms with Gasteiger partial charge in [-0.05, 0) is 5.47 Å². The van der Waals surface area contributed by atoms with Gasteiger partial charge in [-0.1, -0.05) is 26.0 Å². The Kier molecular flexibility index (Phi) is 2.10. The van der Waals surface area contributed by atoms with Gasteiger partial charge in [-0.2, -0.15) is 0 Å². The van der Waals surface area contributed by atoms with Crippen molar-refractivity contribution in [2.24, 2.45) is 5.92 Å². The summed E-state index contributed by atoms with van der Waals surface area (Å²) in [5.41, 5.74) is 0.829. The predicted molar refractivity (Wildman–Crippen MR) is 42.8 cm³/mol. The highest BCUT2D eigenvalue weighted by atomic mass is 16.1. The van der Waals surface area contributed by atoms with Gasteiger partial charge in [0.25, 0.3) is 0 Å². The van der Waals surface area contributed by atoms with E-state index in [2.05, 4.69) is 0 Å². The fourth-order valence-electron chi connectivity index (χ4n) is 0.872. The quantitative estimate of drug-likeness (QED) is 0.519. The van der Waals surface area contributed by atoms with Crippen molar-refractivity contribution in [1.29, 1.82) is 0 Å². The molecule has 0 aliphatic carbocycles. The molecule has 1 rings (SSSR count). The first-order chi connectivity index (χ1) is 4.72. The van der Waals surface area contributed by atoms with Crippen molar-refractivity contribution in [3.63, 3.8) is 0 Å². The Labute approximate surface area is 62.1 Å². The molecule has 51 valence electrons. The molecule has 0 spiro atoms. The van der Waals surface area contributed by atoms with Crippen LogP contribution in [0.4, 0.5) is 0 Å². The third-order valence-corrected chi connectivity index (χ3v) is 1.47. The molecule has 0 amide bonds. The van der Waals surface area contributed by atoms with Gasteiger partial charge in [0.05, 0.1) is 0 Å². The summed E-state index contributed by atoms with van der Waals surface area (Å²) in [5, 5.41) is 0. The number of carbonyl (C=O) groups is 1. The predicted octanol–water partition coefficient (Wildman–Crippen LogP) is 1.33. The van der Waals surface area contributed by atoms with E-state index < -0.39 is 0 Å². The van der Waals surface area contributed by atoms with E-state index in [1.54, 1.807) is 0 Å². The maximum atomic E-state index is 11.2. The van der Waals surface area contributed by atoms with Gasteiger partial charge >= 0.3 is 0 Å². The number of hydrogen-bond acceptors (Lipinski definition) is 1. The molecule has 1 radical (unpaired) electrons. The Morgan fingerprint density at radius 3 is 2.70 bits per heavy atom. The highest BCUT2D eigenvalue weighted by Gasteiger charge is 2.13. The minimum absolute atomic E-state index is 0.113. The van der Waals surface area contributed by atoms with Crippen molar-refractivity contribution in [3.05, 3.63) is 23.6 Å². The van der Waals surface area contributed by atoms with Crippen molar-refractivity contribution in [3.8, 4) is 0 Å². The van der Waals surface area contributed by atoms with Crippen LogP contribution in [0.15, 0.2) is 23.6 Å². The van der Waals surface area contributed by atoms with Crippen LogP contribution in [0, 0.1) is 5.92 Å². The third kappa shape index (κ3) is 1.38. The molecule has 0 bridgehead atoms. The first-order valence-corrected chi connectivity index (χ1v) is 3.47. The van der Waals surface area contributed by atoms with Crippen LogP contribution in [0.25, 0.3) is 0 Å². The van der Waals surface area contributed by atoms with Crippen LogP contribution in [-0.4, -0.2) is 13.1 Å². The number of Topliss-reactive ketones (excluding diaryl/α,β-unsaturated/α-hetero) is 1. The second-order valence-corrected chi connectivity index (χ2v) is 2.69. The molecule has 1 aliphatic heterocycles. The Hall–Kier alpha value is -0.785. The summed E-state index contributed by atoms with van der Waals surface area (Å²) in [7, 11) is 1.85. The second kappa shape index (κ2) is 2.87. The van der Waals surface area contributed by atoms with Crippen molar-refractivity contribution in [2.45, 2.75) is 13.8 Å². The number of carbonyl (C=O) groups excluding carboxylic acids is 1. The summed E-state index contributed by atoms with van der Waals surface area (Å²) in [6, 6.07) is 0. The zero-order valence-electron chi connectivity index (χ0n) is 6.29. The monoisotopic (exact) mass is 133 g/mol. The molecule has 1 heterocycles. The third-order valence-electron chi connectivity index (χ3n) is 1.47. The Morgan fingerprint density at radius 2 is 2.30 bits per heavy atom. The lowest BCUT2D eigenvalue weighted by atomic mass is 9.69. The van der Waals surface area contributed by atoms with Gasteiger partial charge in [0.1, 0.15) is 0 Å². The first kappa shape index (κ1) is 7.32. The topological polar surface area (TPSA) is 17.1 Å². The Morgan fingerprint density at radius 1 is 1.60 bits per heavy atom. The standard InChI is InChI=1S/C8H10BO/c1-6(2)8(10)7-4-3-5-9-7/h3-6H,1-2H3. The molecule has 0 aromatic rings. The average Bonchev–Trinajstić information content (AvgIpc) is 2.36. The van der Waals surface area contributed by atoms with E-state index in [-0.39, 0.29) is 11.7 Å². The molecular weight excluding hydrogens is 123 g/mol. The molecule has 0 aromatic carbocycles. The SMILES string of the molecule is CC(C)C(=O)C1=CC=C[B]1. The van der Waals surface area contributed by atoms with Crippen LogP contribution in [-0.2, 0) is 4.79 Å². The smallest absolute Gasteiger partial charge is 0.186 e. The normalized spacial score (nSPS) is 15.3.